The highest BCUT2D eigenvalue weighted by Crippen LogP contribution is 2.29. The molecule has 5 rings (SSSR count). The summed E-state index contributed by atoms with van der Waals surface area (Å²) in [6.07, 6.45) is 4.01. The summed E-state index contributed by atoms with van der Waals surface area (Å²) in [7, 11) is 0. The maximum absolute atomic E-state index is 14.0. The van der Waals surface area contributed by atoms with Crippen LogP contribution in [0.15, 0.2) is 36.8 Å². The molecule has 0 spiro atoms. The molecule has 0 unspecified atom stereocenters. The lowest BCUT2D eigenvalue weighted by Gasteiger charge is -2.30. The molecule has 0 saturated heterocycles. The molecule has 1 aliphatic rings. The summed E-state index contributed by atoms with van der Waals surface area (Å²) < 4.78 is 29.2. The third kappa shape index (κ3) is 3.02. The van der Waals surface area contributed by atoms with Crippen molar-refractivity contribution < 1.29 is 8.78 Å². The molecule has 0 aliphatic carbocycles. The normalized spacial score (nSPS) is 13.5. The number of fused-ring (bicyclic) bond motifs is 2. The Morgan fingerprint density at radius 1 is 1.13 bits per heavy atom. The van der Waals surface area contributed by atoms with Crippen LogP contribution in [-0.4, -0.2) is 31.3 Å². The second kappa shape index (κ2) is 7.01. The largest absolute Gasteiger partial charge is 0.352 e. The number of aromatic nitrogens is 5. The Balaban J connectivity index is 1.46. The summed E-state index contributed by atoms with van der Waals surface area (Å²) in [6, 6.07) is 5.98. The van der Waals surface area contributed by atoms with Gasteiger partial charge in [-0.25, -0.2) is 8.78 Å². The van der Waals surface area contributed by atoms with Crippen LogP contribution in [0.25, 0.3) is 5.65 Å². The molecule has 9 heteroatoms. The number of rotatable bonds is 3. The molecule has 30 heavy (non-hydrogen) atoms. The van der Waals surface area contributed by atoms with Crippen molar-refractivity contribution in [3.8, 4) is 0 Å². The number of benzene rings is 1. The van der Waals surface area contributed by atoms with Gasteiger partial charge in [-0.1, -0.05) is 6.07 Å². The van der Waals surface area contributed by atoms with Crippen molar-refractivity contribution in [1.29, 1.82) is 0 Å². The van der Waals surface area contributed by atoms with E-state index >= 15 is 0 Å². The number of nitrogens with one attached hydrogen (secondary N) is 1. The van der Waals surface area contributed by atoms with E-state index in [1.165, 1.54) is 12.1 Å². The number of nitrogens with zero attached hydrogens (tertiary/aromatic N) is 6. The van der Waals surface area contributed by atoms with E-state index in [4.69, 9.17) is 5.10 Å². The van der Waals surface area contributed by atoms with Crippen LogP contribution in [0.3, 0.4) is 0 Å². The molecule has 4 heterocycles. The average Bonchev–Trinajstić information content (AvgIpc) is 3.22. The molecular formula is C21H19F2N7. The lowest BCUT2D eigenvalue weighted by molar-refractivity contribution is 0.512. The molecule has 1 aromatic carbocycles. The van der Waals surface area contributed by atoms with Gasteiger partial charge in [-0.2, -0.15) is 4.52 Å². The van der Waals surface area contributed by atoms with Crippen molar-refractivity contribution in [2.24, 2.45) is 0 Å². The van der Waals surface area contributed by atoms with E-state index in [9.17, 15) is 8.78 Å². The van der Waals surface area contributed by atoms with Gasteiger partial charge in [0, 0.05) is 36.3 Å². The van der Waals surface area contributed by atoms with Gasteiger partial charge in [0.2, 0.25) is 0 Å². The number of pyridine rings is 1. The fourth-order valence-electron chi connectivity index (χ4n) is 3.79. The maximum atomic E-state index is 14.0. The highest BCUT2D eigenvalue weighted by Gasteiger charge is 2.22. The minimum Gasteiger partial charge on any atom is -0.352 e. The van der Waals surface area contributed by atoms with Crippen LogP contribution >= 0.6 is 0 Å². The van der Waals surface area contributed by atoms with Crippen LogP contribution in [0.2, 0.25) is 0 Å². The summed E-state index contributed by atoms with van der Waals surface area (Å²) in [5.74, 6) is -0.923. The number of aryl methyl sites for hydroxylation is 1. The predicted octanol–water partition coefficient (Wildman–Crippen LogP) is 3.72. The Bertz CT molecular complexity index is 1270. The van der Waals surface area contributed by atoms with Crippen molar-refractivity contribution >= 4 is 22.8 Å². The average molecular weight is 407 g/mol. The third-order valence-corrected chi connectivity index (χ3v) is 5.54. The van der Waals surface area contributed by atoms with Crippen LogP contribution in [0, 0.1) is 25.5 Å². The van der Waals surface area contributed by atoms with Crippen molar-refractivity contribution in [3.05, 3.63) is 70.8 Å². The summed E-state index contributed by atoms with van der Waals surface area (Å²) in [5, 5.41) is 15.7. The highest BCUT2D eigenvalue weighted by molar-refractivity contribution is 5.62. The molecule has 4 aromatic rings. The molecular weight excluding hydrogens is 388 g/mol. The first-order valence-corrected chi connectivity index (χ1v) is 9.62. The summed E-state index contributed by atoms with van der Waals surface area (Å²) in [5.41, 5.74) is 5.55. The van der Waals surface area contributed by atoms with Gasteiger partial charge >= 0.3 is 0 Å². The highest BCUT2D eigenvalue weighted by atomic mass is 19.2. The zero-order valence-corrected chi connectivity index (χ0v) is 16.5. The zero-order valence-electron chi connectivity index (χ0n) is 16.5. The fraction of sp³-hybridized carbons (Fsp3) is 0.238. The van der Waals surface area contributed by atoms with Gasteiger partial charge in [0.25, 0.3) is 0 Å². The van der Waals surface area contributed by atoms with E-state index in [1.807, 2.05) is 19.9 Å². The topological polar surface area (TPSA) is 71.2 Å². The molecule has 0 bridgehead atoms. The quantitative estimate of drug-likeness (QED) is 0.558. The number of hydrogen-bond acceptors (Lipinski definition) is 6. The monoisotopic (exact) mass is 407 g/mol. The smallest absolute Gasteiger partial charge is 0.182 e. The molecule has 0 atom stereocenters. The molecule has 1 N–H and O–H groups in total. The fourth-order valence-corrected chi connectivity index (χ4v) is 3.79. The van der Waals surface area contributed by atoms with Gasteiger partial charge in [0.15, 0.2) is 23.1 Å². The number of anilines is 3. The summed E-state index contributed by atoms with van der Waals surface area (Å²) >= 11 is 0. The first kappa shape index (κ1) is 18.4. The minimum atomic E-state index is -0.908. The molecule has 1 aliphatic heterocycles. The molecule has 3 aromatic heterocycles. The Labute approximate surface area is 171 Å². The Morgan fingerprint density at radius 2 is 2.00 bits per heavy atom. The van der Waals surface area contributed by atoms with E-state index in [2.05, 4.69) is 25.4 Å². The van der Waals surface area contributed by atoms with Crippen LogP contribution in [0.5, 0.6) is 0 Å². The lowest BCUT2D eigenvalue weighted by atomic mass is 10.0. The van der Waals surface area contributed by atoms with Crippen LogP contribution in [0.1, 0.15) is 22.4 Å². The standard InChI is InChI=1S/C21H19F2N7/c1-12-13(2)21(28-30-11-25-27-20(12)30)29-7-6-17-14(10-29)8-15(9-24-17)26-18-5-3-4-16(22)19(18)23/h3-5,8-9,11,26H,6-7,10H2,1-2H3. The Morgan fingerprint density at radius 3 is 2.87 bits per heavy atom. The first-order valence-electron chi connectivity index (χ1n) is 9.62. The van der Waals surface area contributed by atoms with Crippen LogP contribution in [-0.2, 0) is 13.0 Å². The van der Waals surface area contributed by atoms with Gasteiger partial charge in [0.05, 0.1) is 17.6 Å². The Kier molecular flexibility index (Phi) is 4.30. The SMILES string of the molecule is Cc1c(N2CCc3ncc(Nc4cccc(F)c4F)cc3C2)nn2cnnc2c1C. The van der Waals surface area contributed by atoms with E-state index in [1.54, 1.807) is 17.0 Å². The van der Waals surface area contributed by atoms with E-state index in [0.717, 1.165) is 52.9 Å². The van der Waals surface area contributed by atoms with Crippen molar-refractivity contribution in [2.75, 3.05) is 16.8 Å². The van der Waals surface area contributed by atoms with Gasteiger partial charge in [-0.05, 0) is 37.6 Å². The second-order valence-electron chi connectivity index (χ2n) is 7.40. The zero-order chi connectivity index (χ0) is 20.8. The predicted molar refractivity (Wildman–Crippen MR) is 109 cm³/mol. The molecule has 152 valence electrons. The second-order valence-corrected chi connectivity index (χ2v) is 7.40. The molecule has 0 amide bonds. The van der Waals surface area contributed by atoms with Crippen LogP contribution in [0.4, 0.5) is 26.0 Å². The maximum Gasteiger partial charge on any atom is 0.182 e. The van der Waals surface area contributed by atoms with Crippen molar-refractivity contribution in [1.82, 2.24) is 24.8 Å². The van der Waals surface area contributed by atoms with Gasteiger partial charge in [-0.3, -0.25) is 4.98 Å². The van der Waals surface area contributed by atoms with Gasteiger partial charge in [0.1, 0.15) is 6.33 Å². The van der Waals surface area contributed by atoms with Crippen molar-refractivity contribution in [2.45, 2.75) is 26.8 Å². The number of hydrogen-bond donors (Lipinski definition) is 1. The van der Waals surface area contributed by atoms with Crippen LogP contribution < -0.4 is 10.2 Å². The van der Waals surface area contributed by atoms with Gasteiger partial charge < -0.3 is 10.2 Å². The Hall–Kier alpha value is -3.62. The van der Waals surface area contributed by atoms with Gasteiger partial charge in [-0.15, -0.1) is 15.3 Å². The molecule has 0 saturated carbocycles. The van der Waals surface area contributed by atoms with Crippen molar-refractivity contribution in [3.63, 3.8) is 0 Å². The lowest BCUT2D eigenvalue weighted by Crippen LogP contribution is -2.32. The molecule has 0 radical (unpaired) electrons. The third-order valence-electron chi connectivity index (χ3n) is 5.54. The first-order chi connectivity index (χ1) is 14.5. The number of halogens is 2. The minimum absolute atomic E-state index is 0.0793. The summed E-state index contributed by atoms with van der Waals surface area (Å²) in [4.78, 5) is 6.72. The van der Waals surface area contributed by atoms with E-state index in [0.29, 0.717) is 12.2 Å². The van der Waals surface area contributed by atoms with E-state index < -0.39 is 11.6 Å². The van der Waals surface area contributed by atoms with E-state index in [-0.39, 0.29) is 5.69 Å². The summed E-state index contributed by atoms with van der Waals surface area (Å²) in [6.45, 7) is 5.45. The molecule has 7 nitrogen and oxygen atoms in total. The molecule has 0 fully saturated rings.